The number of anilines is 2. The Hall–Kier alpha value is -3.31. The zero-order chi connectivity index (χ0) is 21.3. The molecule has 1 aliphatic rings. The largest absolute Gasteiger partial charge is 0.350 e. The lowest BCUT2D eigenvalue weighted by atomic mass is 10.1. The number of hydrogen-bond donors (Lipinski definition) is 1. The highest BCUT2D eigenvalue weighted by molar-refractivity contribution is 8.04. The fourth-order valence-corrected chi connectivity index (χ4v) is 4.20. The summed E-state index contributed by atoms with van der Waals surface area (Å²) in [7, 11) is 0. The lowest BCUT2D eigenvalue weighted by molar-refractivity contribution is -0.120. The third kappa shape index (κ3) is 3.89. The standard InChI is InChI=1S/C25H22N2O2S/c1-16-10-13-19(14-11-16)27-24(28)22(26-21-15-17(2)9-12-18(21)3)23(25(27)29)30-20-7-5-4-6-8-20/h4-15,26H,1-3H3. The molecule has 3 aromatic carbocycles. The molecule has 1 heterocycles. The highest BCUT2D eigenvalue weighted by Crippen LogP contribution is 2.38. The monoisotopic (exact) mass is 414 g/mol. The zero-order valence-corrected chi connectivity index (χ0v) is 17.9. The average molecular weight is 415 g/mol. The number of nitrogens with zero attached hydrogens (tertiary/aromatic N) is 1. The van der Waals surface area contributed by atoms with Crippen molar-refractivity contribution >= 4 is 35.0 Å². The number of amides is 2. The van der Waals surface area contributed by atoms with Gasteiger partial charge in [-0.1, -0.05) is 59.8 Å². The fourth-order valence-electron chi connectivity index (χ4n) is 3.25. The van der Waals surface area contributed by atoms with Gasteiger partial charge < -0.3 is 5.32 Å². The van der Waals surface area contributed by atoms with Gasteiger partial charge in [-0.25, -0.2) is 4.90 Å². The number of carbonyl (C=O) groups is 2. The molecule has 4 nitrogen and oxygen atoms in total. The van der Waals surface area contributed by atoms with Gasteiger partial charge >= 0.3 is 0 Å². The van der Waals surface area contributed by atoms with Crippen LogP contribution < -0.4 is 10.2 Å². The Balaban J connectivity index is 1.77. The summed E-state index contributed by atoms with van der Waals surface area (Å²) in [5.41, 5.74) is 4.85. The summed E-state index contributed by atoms with van der Waals surface area (Å²) in [5.74, 6) is -0.659. The molecule has 0 spiro atoms. The van der Waals surface area contributed by atoms with E-state index in [4.69, 9.17) is 0 Å². The van der Waals surface area contributed by atoms with E-state index < -0.39 is 0 Å². The maximum Gasteiger partial charge on any atom is 0.283 e. The fraction of sp³-hybridized carbons (Fsp3) is 0.120. The second-order valence-electron chi connectivity index (χ2n) is 7.34. The summed E-state index contributed by atoms with van der Waals surface area (Å²) in [4.78, 5) is 29.3. The molecule has 0 atom stereocenters. The van der Waals surface area contributed by atoms with Gasteiger partial charge in [-0.3, -0.25) is 9.59 Å². The van der Waals surface area contributed by atoms with E-state index in [1.807, 2.05) is 81.4 Å². The van der Waals surface area contributed by atoms with Crippen LogP contribution in [-0.4, -0.2) is 11.8 Å². The second kappa shape index (κ2) is 8.20. The molecular weight excluding hydrogens is 392 g/mol. The first-order valence-corrected chi connectivity index (χ1v) is 10.5. The molecule has 4 rings (SSSR count). The van der Waals surface area contributed by atoms with E-state index >= 15 is 0 Å². The Bertz CT molecular complexity index is 1150. The van der Waals surface area contributed by atoms with Crippen LogP contribution in [-0.2, 0) is 9.59 Å². The van der Waals surface area contributed by atoms with Crippen molar-refractivity contribution in [2.24, 2.45) is 0 Å². The van der Waals surface area contributed by atoms with Gasteiger partial charge in [-0.05, 0) is 62.2 Å². The van der Waals surface area contributed by atoms with Gasteiger partial charge in [0.15, 0.2) is 0 Å². The summed E-state index contributed by atoms with van der Waals surface area (Å²) in [5, 5.41) is 3.26. The van der Waals surface area contributed by atoms with Gasteiger partial charge in [0, 0.05) is 10.6 Å². The molecule has 5 heteroatoms. The van der Waals surface area contributed by atoms with Crippen molar-refractivity contribution in [2.75, 3.05) is 10.2 Å². The van der Waals surface area contributed by atoms with Gasteiger partial charge in [0.1, 0.15) is 10.6 Å². The van der Waals surface area contributed by atoms with Crippen molar-refractivity contribution < 1.29 is 9.59 Å². The maximum atomic E-state index is 13.4. The quantitative estimate of drug-likeness (QED) is 0.552. The molecule has 30 heavy (non-hydrogen) atoms. The van der Waals surface area contributed by atoms with Gasteiger partial charge in [0.25, 0.3) is 11.8 Å². The smallest absolute Gasteiger partial charge is 0.283 e. The SMILES string of the molecule is Cc1ccc(N2C(=O)C(Nc3cc(C)ccc3C)=C(Sc3ccccc3)C2=O)cc1. The zero-order valence-electron chi connectivity index (χ0n) is 17.1. The van der Waals surface area contributed by atoms with Crippen LogP contribution in [0.15, 0.2) is 88.3 Å². The summed E-state index contributed by atoms with van der Waals surface area (Å²) in [6.07, 6.45) is 0. The number of benzene rings is 3. The van der Waals surface area contributed by atoms with Crippen LogP contribution in [0.3, 0.4) is 0 Å². The van der Waals surface area contributed by atoms with Crippen LogP contribution in [0.4, 0.5) is 11.4 Å². The lowest BCUT2D eigenvalue weighted by Crippen LogP contribution is -2.32. The highest BCUT2D eigenvalue weighted by Gasteiger charge is 2.40. The summed E-state index contributed by atoms with van der Waals surface area (Å²) >= 11 is 1.31. The number of nitrogens with one attached hydrogen (secondary N) is 1. The second-order valence-corrected chi connectivity index (χ2v) is 8.43. The molecular formula is C25H22N2O2S. The van der Waals surface area contributed by atoms with Crippen molar-refractivity contribution in [3.8, 4) is 0 Å². The molecule has 0 unspecified atom stereocenters. The first kappa shape index (κ1) is 20.0. The third-order valence-corrected chi connectivity index (χ3v) is 6.04. The molecule has 0 aliphatic carbocycles. The highest BCUT2D eigenvalue weighted by atomic mass is 32.2. The maximum absolute atomic E-state index is 13.4. The molecule has 0 saturated heterocycles. The van der Waals surface area contributed by atoms with E-state index in [0.717, 1.165) is 27.3 Å². The topological polar surface area (TPSA) is 49.4 Å². The van der Waals surface area contributed by atoms with Crippen molar-refractivity contribution in [1.82, 2.24) is 0 Å². The van der Waals surface area contributed by atoms with Gasteiger partial charge in [-0.15, -0.1) is 0 Å². The van der Waals surface area contributed by atoms with Crippen molar-refractivity contribution in [2.45, 2.75) is 25.7 Å². The Morgan fingerprint density at radius 3 is 2.13 bits per heavy atom. The molecule has 3 aromatic rings. The van der Waals surface area contributed by atoms with E-state index in [1.165, 1.54) is 16.7 Å². The number of hydrogen-bond acceptors (Lipinski definition) is 4. The number of thioether (sulfide) groups is 1. The molecule has 0 aromatic heterocycles. The van der Waals surface area contributed by atoms with Gasteiger partial charge in [0.05, 0.1) is 5.69 Å². The van der Waals surface area contributed by atoms with Crippen molar-refractivity contribution in [3.05, 3.63) is 100 Å². The Morgan fingerprint density at radius 2 is 1.43 bits per heavy atom. The number of aryl methyl sites for hydroxylation is 3. The number of imide groups is 1. The van der Waals surface area contributed by atoms with Crippen molar-refractivity contribution in [3.63, 3.8) is 0 Å². The van der Waals surface area contributed by atoms with E-state index in [9.17, 15) is 9.59 Å². The van der Waals surface area contributed by atoms with Crippen LogP contribution in [0.5, 0.6) is 0 Å². The number of rotatable bonds is 5. The minimum atomic E-state index is -0.344. The summed E-state index contributed by atoms with van der Waals surface area (Å²) < 4.78 is 0. The first-order valence-electron chi connectivity index (χ1n) is 9.71. The van der Waals surface area contributed by atoms with E-state index in [2.05, 4.69) is 5.32 Å². The minimum Gasteiger partial charge on any atom is -0.350 e. The molecule has 0 radical (unpaired) electrons. The Labute approximate surface area is 180 Å². The van der Waals surface area contributed by atoms with Gasteiger partial charge in [0.2, 0.25) is 0 Å². The first-order chi connectivity index (χ1) is 14.4. The summed E-state index contributed by atoms with van der Waals surface area (Å²) in [6, 6.07) is 23.0. The van der Waals surface area contributed by atoms with Crippen LogP contribution >= 0.6 is 11.8 Å². The molecule has 150 valence electrons. The van der Waals surface area contributed by atoms with E-state index in [0.29, 0.717) is 16.3 Å². The molecule has 0 fully saturated rings. The lowest BCUT2D eigenvalue weighted by Gasteiger charge is -2.16. The van der Waals surface area contributed by atoms with E-state index in [-0.39, 0.29) is 11.8 Å². The van der Waals surface area contributed by atoms with Crippen molar-refractivity contribution in [1.29, 1.82) is 0 Å². The molecule has 0 saturated carbocycles. The molecule has 0 bridgehead atoms. The Morgan fingerprint density at radius 1 is 0.767 bits per heavy atom. The van der Waals surface area contributed by atoms with Crippen LogP contribution in [0, 0.1) is 20.8 Å². The van der Waals surface area contributed by atoms with Crippen LogP contribution in [0.25, 0.3) is 0 Å². The normalized spacial score (nSPS) is 13.9. The predicted molar refractivity (Wildman–Crippen MR) is 123 cm³/mol. The van der Waals surface area contributed by atoms with E-state index in [1.54, 1.807) is 12.1 Å². The van der Waals surface area contributed by atoms with Crippen LogP contribution in [0.2, 0.25) is 0 Å². The van der Waals surface area contributed by atoms with Crippen LogP contribution in [0.1, 0.15) is 16.7 Å². The Kier molecular flexibility index (Phi) is 5.46. The predicted octanol–water partition coefficient (Wildman–Crippen LogP) is 5.60. The third-order valence-electron chi connectivity index (χ3n) is 4.95. The average Bonchev–Trinajstić information content (AvgIpc) is 2.96. The minimum absolute atomic E-state index is 0.308. The molecule has 2 amide bonds. The number of carbonyl (C=O) groups excluding carboxylic acids is 2. The van der Waals surface area contributed by atoms with Gasteiger partial charge in [-0.2, -0.15) is 0 Å². The molecule has 1 N–H and O–H groups in total. The summed E-state index contributed by atoms with van der Waals surface area (Å²) in [6.45, 7) is 5.95. The molecule has 1 aliphatic heterocycles.